The predicted octanol–water partition coefficient (Wildman–Crippen LogP) is 4.01. The average Bonchev–Trinajstić information content (AvgIpc) is 2.48. The van der Waals surface area contributed by atoms with Gasteiger partial charge >= 0.3 is 5.97 Å². The Kier molecular flexibility index (Phi) is 4.95. The molecule has 102 valence electrons. The van der Waals surface area contributed by atoms with Crippen molar-refractivity contribution in [3.05, 3.63) is 66.2 Å². The first-order valence-corrected chi connectivity index (χ1v) is 6.55. The van der Waals surface area contributed by atoms with Crippen molar-refractivity contribution in [2.24, 2.45) is 0 Å². The van der Waals surface area contributed by atoms with E-state index in [0.29, 0.717) is 6.61 Å². The predicted molar refractivity (Wildman–Crippen MR) is 81.8 cm³/mol. The van der Waals surface area contributed by atoms with Crippen LogP contribution in [0.5, 0.6) is 0 Å². The molecule has 0 unspecified atom stereocenters. The smallest absolute Gasteiger partial charge is 0.330 e. The van der Waals surface area contributed by atoms with E-state index >= 15 is 0 Å². The highest BCUT2D eigenvalue weighted by Crippen LogP contribution is 2.21. The quantitative estimate of drug-likeness (QED) is 0.657. The third kappa shape index (κ3) is 3.99. The lowest BCUT2D eigenvalue weighted by molar-refractivity contribution is -0.137. The van der Waals surface area contributed by atoms with E-state index in [1.165, 1.54) is 6.08 Å². The van der Waals surface area contributed by atoms with E-state index in [0.717, 1.165) is 16.9 Å². The van der Waals surface area contributed by atoms with Crippen molar-refractivity contribution >= 4 is 23.4 Å². The normalized spacial score (nSPS) is 10.4. The molecule has 0 amide bonds. The third-order valence-electron chi connectivity index (χ3n) is 2.70. The van der Waals surface area contributed by atoms with Gasteiger partial charge in [-0.15, -0.1) is 0 Å². The molecule has 2 aromatic carbocycles. The molecule has 0 radical (unpaired) electrons. The van der Waals surface area contributed by atoms with Crippen molar-refractivity contribution in [2.75, 3.05) is 11.9 Å². The zero-order valence-corrected chi connectivity index (χ0v) is 11.4. The molecular weight excluding hydrogens is 250 g/mol. The first-order valence-electron chi connectivity index (χ1n) is 6.55. The zero-order valence-electron chi connectivity index (χ0n) is 11.4. The topological polar surface area (TPSA) is 38.3 Å². The SMILES string of the molecule is CCOC(=O)C=Cc1ccccc1Nc1ccccc1. The fraction of sp³-hybridized carbons (Fsp3) is 0.118. The second-order valence-corrected chi connectivity index (χ2v) is 4.16. The lowest BCUT2D eigenvalue weighted by Gasteiger charge is -2.09. The van der Waals surface area contributed by atoms with E-state index in [4.69, 9.17) is 4.74 Å². The second kappa shape index (κ2) is 7.14. The molecule has 0 aromatic heterocycles. The number of carbonyl (C=O) groups excluding carboxylic acids is 1. The number of anilines is 2. The first-order chi connectivity index (χ1) is 9.79. The Morgan fingerprint density at radius 2 is 1.80 bits per heavy atom. The van der Waals surface area contributed by atoms with Crippen LogP contribution in [0.25, 0.3) is 6.08 Å². The zero-order chi connectivity index (χ0) is 14.2. The number of hydrogen-bond donors (Lipinski definition) is 1. The van der Waals surface area contributed by atoms with E-state index in [2.05, 4.69) is 5.32 Å². The summed E-state index contributed by atoms with van der Waals surface area (Å²) in [6, 6.07) is 17.7. The van der Waals surface area contributed by atoms with Crippen LogP contribution >= 0.6 is 0 Å². The summed E-state index contributed by atoms with van der Waals surface area (Å²) in [7, 11) is 0. The van der Waals surface area contributed by atoms with Crippen LogP contribution in [0.15, 0.2) is 60.7 Å². The summed E-state index contributed by atoms with van der Waals surface area (Å²) in [6.45, 7) is 2.17. The van der Waals surface area contributed by atoms with E-state index in [9.17, 15) is 4.79 Å². The van der Waals surface area contributed by atoms with Crippen molar-refractivity contribution in [2.45, 2.75) is 6.92 Å². The lowest BCUT2D eigenvalue weighted by Crippen LogP contribution is -1.99. The molecule has 0 saturated carbocycles. The minimum Gasteiger partial charge on any atom is -0.463 e. The van der Waals surface area contributed by atoms with E-state index in [1.54, 1.807) is 13.0 Å². The van der Waals surface area contributed by atoms with Crippen molar-refractivity contribution in [1.82, 2.24) is 0 Å². The maximum absolute atomic E-state index is 11.4. The van der Waals surface area contributed by atoms with E-state index in [1.807, 2.05) is 54.6 Å². The summed E-state index contributed by atoms with van der Waals surface area (Å²) in [4.78, 5) is 11.4. The highest BCUT2D eigenvalue weighted by atomic mass is 16.5. The van der Waals surface area contributed by atoms with Gasteiger partial charge in [-0.05, 0) is 36.8 Å². The Balaban J connectivity index is 2.16. The van der Waals surface area contributed by atoms with Crippen LogP contribution in [0.3, 0.4) is 0 Å². The van der Waals surface area contributed by atoms with Gasteiger partial charge in [0, 0.05) is 17.5 Å². The van der Waals surface area contributed by atoms with Gasteiger partial charge in [-0.25, -0.2) is 4.79 Å². The number of carbonyl (C=O) groups is 1. The van der Waals surface area contributed by atoms with Crippen molar-refractivity contribution < 1.29 is 9.53 Å². The molecule has 0 spiro atoms. The highest BCUT2D eigenvalue weighted by Gasteiger charge is 2.00. The minimum absolute atomic E-state index is 0.331. The first kappa shape index (κ1) is 13.9. The molecule has 2 rings (SSSR count). The van der Waals surface area contributed by atoms with Gasteiger partial charge in [-0.2, -0.15) is 0 Å². The van der Waals surface area contributed by atoms with Gasteiger partial charge < -0.3 is 10.1 Å². The van der Waals surface area contributed by atoms with Gasteiger partial charge in [-0.1, -0.05) is 36.4 Å². The Bertz CT molecular complexity index is 591. The number of nitrogens with one attached hydrogen (secondary N) is 1. The monoisotopic (exact) mass is 267 g/mol. The second-order valence-electron chi connectivity index (χ2n) is 4.16. The minimum atomic E-state index is -0.331. The maximum Gasteiger partial charge on any atom is 0.330 e. The van der Waals surface area contributed by atoms with Gasteiger partial charge in [0.25, 0.3) is 0 Å². The fourth-order valence-electron chi connectivity index (χ4n) is 1.78. The van der Waals surface area contributed by atoms with Crippen molar-refractivity contribution in [1.29, 1.82) is 0 Å². The molecule has 2 aromatic rings. The molecule has 3 heteroatoms. The number of ether oxygens (including phenoxy) is 1. The molecule has 0 aliphatic rings. The molecule has 0 saturated heterocycles. The molecule has 3 nitrogen and oxygen atoms in total. The van der Waals surface area contributed by atoms with Gasteiger partial charge in [0.1, 0.15) is 0 Å². The largest absolute Gasteiger partial charge is 0.463 e. The molecule has 0 aliphatic carbocycles. The molecule has 0 bridgehead atoms. The van der Waals surface area contributed by atoms with Crippen LogP contribution in [-0.2, 0) is 9.53 Å². The van der Waals surface area contributed by atoms with Gasteiger partial charge in [0.2, 0.25) is 0 Å². The van der Waals surface area contributed by atoms with Crippen LogP contribution in [0.1, 0.15) is 12.5 Å². The Labute approximate surface area is 118 Å². The molecule has 0 aliphatic heterocycles. The summed E-state index contributed by atoms with van der Waals surface area (Å²) in [5.74, 6) is -0.331. The maximum atomic E-state index is 11.4. The van der Waals surface area contributed by atoms with Crippen LogP contribution < -0.4 is 5.32 Å². The fourth-order valence-corrected chi connectivity index (χ4v) is 1.78. The summed E-state index contributed by atoms with van der Waals surface area (Å²) in [6.07, 6.45) is 3.19. The number of para-hydroxylation sites is 2. The molecule has 0 fully saturated rings. The Morgan fingerprint density at radius 1 is 1.10 bits per heavy atom. The van der Waals surface area contributed by atoms with Gasteiger partial charge in [0.05, 0.1) is 6.61 Å². The Morgan fingerprint density at radius 3 is 2.55 bits per heavy atom. The molecule has 0 atom stereocenters. The lowest BCUT2D eigenvalue weighted by atomic mass is 10.1. The van der Waals surface area contributed by atoms with Gasteiger partial charge in [-0.3, -0.25) is 0 Å². The summed E-state index contributed by atoms with van der Waals surface area (Å²) in [5.41, 5.74) is 2.88. The number of rotatable bonds is 5. The third-order valence-corrected chi connectivity index (χ3v) is 2.70. The molecule has 0 heterocycles. The van der Waals surface area contributed by atoms with Crippen LogP contribution in [0.2, 0.25) is 0 Å². The number of benzene rings is 2. The summed E-state index contributed by atoms with van der Waals surface area (Å²) >= 11 is 0. The van der Waals surface area contributed by atoms with Crippen LogP contribution in [-0.4, -0.2) is 12.6 Å². The average molecular weight is 267 g/mol. The van der Waals surface area contributed by atoms with E-state index in [-0.39, 0.29) is 5.97 Å². The van der Waals surface area contributed by atoms with Crippen LogP contribution in [0, 0.1) is 0 Å². The van der Waals surface area contributed by atoms with Crippen molar-refractivity contribution in [3.63, 3.8) is 0 Å². The van der Waals surface area contributed by atoms with E-state index < -0.39 is 0 Å². The summed E-state index contributed by atoms with van der Waals surface area (Å²) in [5, 5.41) is 3.32. The Hall–Kier alpha value is -2.55. The number of esters is 1. The van der Waals surface area contributed by atoms with Crippen LogP contribution in [0.4, 0.5) is 11.4 Å². The highest BCUT2D eigenvalue weighted by molar-refractivity contribution is 5.88. The van der Waals surface area contributed by atoms with Crippen molar-refractivity contribution in [3.8, 4) is 0 Å². The summed E-state index contributed by atoms with van der Waals surface area (Å²) < 4.78 is 4.88. The number of hydrogen-bond acceptors (Lipinski definition) is 3. The van der Waals surface area contributed by atoms with Gasteiger partial charge in [0.15, 0.2) is 0 Å². The molecular formula is C17H17NO2. The molecule has 20 heavy (non-hydrogen) atoms. The standard InChI is InChI=1S/C17H17NO2/c1-2-20-17(19)13-12-14-8-6-7-11-16(14)18-15-9-4-3-5-10-15/h3-13,18H,2H2,1H3. The molecule has 1 N–H and O–H groups in total.